The number of amides is 1. The summed E-state index contributed by atoms with van der Waals surface area (Å²) in [6.07, 6.45) is 4.42. The third-order valence-corrected chi connectivity index (χ3v) is 3.52. The highest BCUT2D eigenvalue weighted by atomic mass is 16.2. The van der Waals surface area contributed by atoms with Crippen molar-refractivity contribution in [3.8, 4) is 0 Å². The molecule has 1 unspecified atom stereocenters. The highest BCUT2D eigenvalue weighted by Gasteiger charge is 2.24. The van der Waals surface area contributed by atoms with E-state index < -0.39 is 0 Å². The minimum atomic E-state index is 0.105. The first-order chi connectivity index (χ1) is 7.19. The van der Waals surface area contributed by atoms with Crippen molar-refractivity contribution in [2.24, 2.45) is 17.6 Å². The SMILES string of the molecule is CCC1CCN(C(=O)C(C)CCN)CC1. The molecule has 1 rings (SSSR count). The standard InChI is InChI=1S/C12H24N2O/c1-3-11-5-8-14(9-6-11)12(15)10(2)4-7-13/h10-11H,3-9,13H2,1-2H3. The number of rotatable bonds is 4. The van der Waals surface area contributed by atoms with Crippen LogP contribution in [0, 0.1) is 11.8 Å². The van der Waals surface area contributed by atoms with E-state index in [0.29, 0.717) is 12.5 Å². The summed E-state index contributed by atoms with van der Waals surface area (Å²) in [6.45, 7) is 6.73. The van der Waals surface area contributed by atoms with Gasteiger partial charge >= 0.3 is 0 Å². The summed E-state index contributed by atoms with van der Waals surface area (Å²) in [7, 11) is 0. The van der Waals surface area contributed by atoms with Gasteiger partial charge in [-0.15, -0.1) is 0 Å². The van der Waals surface area contributed by atoms with Crippen LogP contribution in [0.4, 0.5) is 0 Å². The number of nitrogens with two attached hydrogens (primary N) is 1. The molecule has 1 amide bonds. The van der Waals surface area contributed by atoms with Crippen molar-refractivity contribution in [2.75, 3.05) is 19.6 Å². The number of nitrogens with zero attached hydrogens (tertiary/aromatic N) is 1. The van der Waals surface area contributed by atoms with Gasteiger partial charge in [0.25, 0.3) is 0 Å². The second-order valence-electron chi connectivity index (χ2n) is 4.66. The number of carbonyl (C=O) groups is 1. The van der Waals surface area contributed by atoms with Gasteiger partial charge in [-0.05, 0) is 31.7 Å². The second-order valence-corrected chi connectivity index (χ2v) is 4.66. The summed E-state index contributed by atoms with van der Waals surface area (Å²) in [6, 6.07) is 0. The number of hydrogen-bond acceptors (Lipinski definition) is 2. The number of likely N-dealkylation sites (tertiary alicyclic amines) is 1. The van der Waals surface area contributed by atoms with E-state index in [0.717, 1.165) is 25.4 Å². The van der Waals surface area contributed by atoms with Gasteiger partial charge in [-0.3, -0.25) is 4.79 Å². The molecule has 1 aliphatic rings. The summed E-state index contributed by atoms with van der Waals surface area (Å²) in [4.78, 5) is 14.0. The third-order valence-electron chi connectivity index (χ3n) is 3.52. The van der Waals surface area contributed by atoms with Crippen molar-refractivity contribution in [3.63, 3.8) is 0 Å². The zero-order valence-electron chi connectivity index (χ0n) is 10.0. The van der Waals surface area contributed by atoms with Gasteiger partial charge in [-0.25, -0.2) is 0 Å². The van der Waals surface area contributed by atoms with Crippen LogP contribution >= 0.6 is 0 Å². The van der Waals surface area contributed by atoms with E-state index in [1.807, 2.05) is 11.8 Å². The van der Waals surface area contributed by atoms with E-state index in [1.54, 1.807) is 0 Å². The van der Waals surface area contributed by atoms with E-state index in [4.69, 9.17) is 5.73 Å². The Morgan fingerprint density at radius 3 is 2.53 bits per heavy atom. The van der Waals surface area contributed by atoms with Crippen LogP contribution in [-0.4, -0.2) is 30.4 Å². The molecule has 15 heavy (non-hydrogen) atoms. The van der Waals surface area contributed by atoms with Crippen molar-refractivity contribution in [1.29, 1.82) is 0 Å². The van der Waals surface area contributed by atoms with Gasteiger partial charge in [-0.2, -0.15) is 0 Å². The quantitative estimate of drug-likeness (QED) is 0.769. The Labute approximate surface area is 93.0 Å². The molecule has 1 heterocycles. The van der Waals surface area contributed by atoms with Crippen LogP contribution < -0.4 is 5.73 Å². The Morgan fingerprint density at radius 1 is 1.47 bits per heavy atom. The Bertz CT molecular complexity index is 198. The first kappa shape index (κ1) is 12.5. The van der Waals surface area contributed by atoms with Gasteiger partial charge in [0.15, 0.2) is 0 Å². The fourth-order valence-corrected chi connectivity index (χ4v) is 2.25. The minimum Gasteiger partial charge on any atom is -0.342 e. The molecule has 88 valence electrons. The van der Waals surface area contributed by atoms with Crippen molar-refractivity contribution < 1.29 is 4.79 Å². The lowest BCUT2D eigenvalue weighted by molar-refractivity contribution is -0.136. The topological polar surface area (TPSA) is 46.3 Å². The van der Waals surface area contributed by atoms with Gasteiger partial charge in [0.1, 0.15) is 0 Å². The summed E-state index contributed by atoms with van der Waals surface area (Å²) in [5.74, 6) is 1.24. The molecule has 0 radical (unpaired) electrons. The van der Waals surface area contributed by atoms with Crippen LogP contribution in [-0.2, 0) is 4.79 Å². The van der Waals surface area contributed by atoms with Gasteiger partial charge in [0.05, 0.1) is 0 Å². The van der Waals surface area contributed by atoms with Crippen molar-refractivity contribution in [2.45, 2.75) is 39.5 Å². The molecular weight excluding hydrogens is 188 g/mol. The molecule has 0 bridgehead atoms. The Balaban J connectivity index is 2.35. The predicted octanol–water partition coefficient (Wildman–Crippen LogP) is 1.62. The highest BCUT2D eigenvalue weighted by Crippen LogP contribution is 2.21. The van der Waals surface area contributed by atoms with E-state index >= 15 is 0 Å². The monoisotopic (exact) mass is 212 g/mol. The predicted molar refractivity (Wildman–Crippen MR) is 62.4 cm³/mol. The Morgan fingerprint density at radius 2 is 2.07 bits per heavy atom. The fourth-order valence-electron chi connectivity index (χ4n) is 2.25. The lowest BCUT2D eigenvalue weighted by Crippen LogP contribution is -2.41. The molecule has 1 fully saturated rings. The lowest BCUT2D eigenvalue weighted by atomic mass is 9.93. The largest absolute Gasteiger partial charge is 0.342 e. The zero-order valence-corrected chi connectivity index (χ0v) is 10.0. The van der Waals surface area contributed by atoms with Crippen LogP contribution in [0.2, 0.25) is 0 Å². The fraction of sp³-hybridized carbons (Fsp3) is 0.917. The van der Waals surface area contributed by atoms with Gasteiger partial charge < -0.3 is 10.6 Å². The molecular formula is C12H24N2O. The van der Waals surface area contributed by atoms with Crippen molar-refractivity contribution in [3.05, 3.63) is 0 Å². The lowest BCUT2D eigenvalue weighted by Gasteiger charge is -2.33. The molecule has 3 nitrogen and oxygen atoms in total. The molecule has 0 aromatic heterocycles. The first-order valence-corrected chi connectivity index (χ1v) is 6.17. The van der Waals surface area contributed by atoms with Gasteiger partial charge in [-0.1, -0.05) is 20.3 Å². The van der Waals surface area contributed by atoms with Crippen LogP contribution in [0.25, 0.3) is 0 Å². The summed E-state index contributed by atoms with van der Waals surface area (Å²) >= 11 is 0. The highest BCUT2D eigenvalue weighted by molar-refractivity contribution is 5.78. The van der Waals surface area contributed by atoms with Crippen LogP contribution in [0.1, 0.15) is 39.5 Å². The molecule has 1 aliphatic heterocycles. The maximum absolute atomic E-state index is 12.0. The maximum Gasteiger partial charge on any atom is 0.225 e. The molecule has 1 saturated heterocycles. The van der Waals surface area contributed by atoms with E-state index in [9.17, 15) is 4.79 Å². The molecule has 0 spiro atoms. The van der Waals surface area contributed by atoms with Gasteiger partial charge in [0, 0.05) is 19.0 Å². The third kappa shape index (κ3) is 3.49. The molecule has 0 aliphatic carbocycles. The van der Waals surface area contributed by atoms with Crippen molar-refractivity contribution in [1.82, 2.24) is 4.90 Å². The van der Waals surface area contributed by atoms with E-state index in [2.05, 4.69) is 6.92 Å². The Hall–Kier alpha value is -0.570. The van der Waals surface area contributed by atoms with Crippen LogP contribution in [0.5, 0.6) is 0 Å². The molecule has 3 heteroatoms. The zero-order chi connectivity index (χ0) is 11.3. The summed E-state index contributed by atoms with van der Waals surface area (Å²) in [5, 5.41) is 0. The first-order valence-electron chi connectivity index (χ1n) is 6.17. The Kier molecular flexibility index (Phi) is 5.09. The smallest absolute Gasteiger partial charge is 0.225 e. The minimum absolute atomic E-state index is 0.105. The number of piperidine rings is 1. The summed E-state index contributed by atoms with van der Waals surface area (Å²) < 4.78 is 0. The molecule has 0 saturated carbocycles. The molecule has 2 N–H and O–H groups in total. The van der Waals surface area contributed by atoms with Crippen molar-refractivity contribution >= 4 is 5.91 Å². The maximum atomic E-state index is 12.0. The van der Waals surface area contributed by atoms with E-state index in [-0.39, 0.29) is 5.92 Å². The van der Waals surface area contributed by atoms with E-state index in [1.165, 1.54) is 19.3 Å². The molecule has 0 aromatic rings. The number of carbonyl (C=O) groups excluding carboxylic acids is 1. The van der Waals surface area contributed by atoms with Gasteiger partial charge in [0.2, 0.25) is 5.91 Å². The average molecular weight is 212 g/mol. The molecule has 1 atom stereocenters. The number of hydrogen-bond donors (Lipinski definition) is 1. The summed E-state index contributed by atoms with van der Waals surface area (Å²) in [5.41, 5.74) is 5.47. The second kappa shape index (κ2) is 6.11. The van der Waals surface area contributed by atoms with Crippen LogP contribution in [0.15, 0.2) is 0 Å². The molecule has 0 aromatic carbocycles. The average Bonchev–Trinajstić information content (AvgIpc) is 2.28. The normalized spacial score (nSPS) is 20.3. The van der Waals surface area contributed by atoms with Crippen LogP contribution in [0.3, 0.4) is 0 Å².